The van der Waals surface area contributed by atoms with Gasteiger partial charge in [0.05, 0.1) is 11.6 Å². The van der Waals surface area contributed by atoms with Crippen molar-refractivity contribution in [3.8, 4) is 22.9 Å². The Hall–Kier alpha value is -3.33. The zero-order valence-electron chi connectivity index (χ0n) is 11.0. The molecule has 0 amide bonds. The summed E-state index contributed by atoms with van der Waals surface area (Å²) in [6.07, 6.45) is 0. The van der Waals surface area contributed by atoms with Gasteiger partial charge in [-0.25, -0.2) is 4.79 Å². The number of halogens is 1. The van der Waals surface area contributed by atoms with E-state index in [2.05, 4.69) is 0 Å². The highest BCUT2D eigenvalue weighted by molar-refractivity contribution is 6.00. The van der Waals surface area contributed by atoms with E-state index in [1.165, 1.54) is 30.3 Å². The standard InChI is InChI=1S/C16H8FNO4/c17-14-6-12-11(4-8(7-18)5-13(12)22-14)9-2-1-3-10(15(9)19)16(20)21/h1-6,19H,(H,20,21). The van der Waals surface area contributed by atoms with E-state index in [0.29, 0.717) is 10.9 Å². The SMILES string of the molecule is N#Cc1cc(-c2cccc(C(=O)O)c2O)c2cc(F)oc2c1. The smallest absolute Gasteiger partial charge is 0.339 e. The first-order chi connectivity index (χ1) is 10.5. The van der Waals surface area contributed by atoms with E-state index in [-0.39, 0.29) is 22.3 Å². The summed E-state index contributed by atoms with van der Waals surface area (Å²) >= 11 is 0. The molecule has 0 atom stereocenters. The van der Waals surface area contributed by atoms with E-state index in [0.717, 1.165) is 6.07 Å². The van der Waals surface area contributed by atoms with Crippen LogP contribution < -0.4 is 0 Å². The van der Waals surface area contributed by atoms with Crippen molar-refractivity contribution in [2.75, 3.05) is 0 Å². The number of aromatic hydroxyl groups is 1. The van der Waals surface area contributed by atoms with Crippen LogP contribution in [0.3, 0.4) is 0 Å². The molecule has 0 saturated carbocycles. The van der Waals surface area contributed by atoms with Crippen molar-refractivity contribution in [1.29, 1.82) is 5.26 Å². The summed E-state index contributed by atoms with van der Waals surface area (Å²) in [7, 11) is 0. The predicted octanol–water partition coefficient (Wildman–Crippen LogP) is 3.51. The fourth-order valence-corrected chi connectivity index (χ4v) is 2.33. The second kappa shape index (κ2) is 4.90. The molecule has 0 unspecified atom stereocenters. The molecule has 5 nitrogen and oxygen atoms in total. The van der Waals surface area contributed by atoms with Gasteiger partial charge < -0.3 is 14.6 Å². The Bertz CT molecular complexity index is 953. The van der Waals surface area contributed by atoms with Gasteiger partial charge in [0.15, 0.2) is 0 Å². The Morgan fingerprint density at radius 3 is 2.68 bits per heavy atom. The van der Waals surface area contributed by atoms with E-state index >= 15 is 0 Å². The Kier molecular flexibility index (Phi) is 3.04. The van der Waals surface area contributed by atoms with Crippen LogP contribution in [0.2, 0.25) is 0 Å². The largest absolute Gasteiger partial charge is 0.506 e. The van der Waals surface area contributed by atoms with Gasteiger partial charge in [-0.3, -0.25) is 0 Å². The summed E-state index contributed by atoms with van der Waals surface area (Å²) in [4.78, 5) is 11.1. The van der Waals surface area contributed by atoms with Gasteiger partial charge in [0, 0.05) is 17.0 Å². The molecule has 22 heavy (non-hydrogen) atoms. The second-order valence-electron chi connectivity index (χ2n) is 4.60. The molecule has 2 aromatic carbocycles. The number of benzene rings is 2. The highest BCUT2D eigenvalue weighted by Gasteiger charge is 2.18. The van der Waals surface area contributed by atoms with Crippen LogP contribution in [-0.4, -0.2) is 16.2 Å². The molecule has 0 fully saturated rings. The Labute approximate surface area is 123 Å². The van der Waals surface area contributed by atoms with Crippen LogP contribution in [0.5, 0.6) is 5.75 Å². The molecule has 2 N–H and O–H groups in total. The van der Waals surface area contributed by atoms with Crippen molar-refractivity contribution in [2.45, 2.75) is 0 Å². The van der Waals surface area contributed by atoms with Crippen molar-refractivity contribution >= 4 is 16.9 Å². The lowest BCUT2D eigenvalue weighted by Crippen LogP contribution is -1.97. The molecule has 3 rings (SSSR count). The molecule has 0 spiro atoms. The molecular weight excluding hydrogens is 289 g/mol. The molecule has 6 heteroatoms. The maximum Gasteiger partial charge on any atom is 0.339 e. The van der Waals surface area contributed by atoms with Gasteiger partial charge >= 0.3 is 5.97 Å². The van der Waals surface area contributed by atoms with E-state index in [4.69, 9.17) is 14.8 Å². The number of phenols is 1. The molecule has 0 aliphatic rings. The number of para-hydroxylation sites is 1. The Balaban J connectivity index is 2.37. The number of fused-ring (bicyclic) bond motifs is 1. The monoisotopic (exact) mass is 297 g/mol. The number of carbonyl (C=O) groups is 1. The summed E-state index contributed by atoms with van der Waals surface area (Å²) in [6, 6.07) is 9.22. The normalized spacial score (nSPS) is 10.5. The number of aromatic carboxylic acids is 1. The third-order valence-electron chi connectivity index (χ3n) is 3.29. The fraction of sp³-hybridized carbons (Fsp3) is 0. The van der Waals surface area contributed by atoms with Gasteiger partial charge in [-0.15, -0.1) is 0 Å². The maximum atomic E-state index is 13.4. The topological polar surface area (TPSA) is 94.5 Å². The molecule has 1 aromatic heterocycles. The van der Waals surface area contributed by atoms with Crippen molar-refractivity contribution in [3.05, 3.63) is 53.5 Å². The molecular formula is C16H8FNO4. The van der Waals surface area contributed by atoms with E-state index in [1.54, 1.807) is 0 Å². The minimum absolute atomic E-state index is 0.145. The van der Waals surface area contributed by atoms with Crippen LogP contribution in [0.25, 0.3) is 22.1 Å². The van der Waals surface area contributed by atoms with E-state index in [1.807, 2.05) is 6.07 Å². The van der Waals surface area contributed by atoms with Crippen LogP contribution >= 0.6 is 0 Å². The predicted molar refractivity (Wildman–Crippen MR) is 74.9 cm³/mol. The number of furan rings is 1. The van der Waals surface area contributed by atoms with Crippen LogP contribution in [-0.2, 0) is 0 Å². The average molecular weight is 297 g/mol. The average Bonchev–Trinajstić information content (AvgIpc) is 2.86. The summed E-state index contributed by atoms with van der Waals surface area (Å²) in [5, 5.41) is 28.6. The molecule has 0 saturated heterocycles. The van der Waals surface area contributed by atoms with E-state index in [9.17, 15) is 14.3 Å². The molecule has 108 valence electrons. The molecule has 0 aliphatic heterocycles. The lowest BCUT2D eigenvalue weighted by molar-refractivity contribution is 0.0694. The molecule has 0 aliphatic carbocycles. The molecule has 0 bridgehead atoms. The first kappa shape index (κ1) is 13.6. The number of nitriles is 1. The van der Waals surface area contributed by atoms with Crippen LogP contribution in [0.4, 0.5) is 4.39 Å². The number of nitrogens with zero attached hydrogens (tertiary/aromatic N) is 1. The van der Waals surface area contributed by atoms with Crippen molar-refractivity contribution < 1.29 is 23.8 Å². The zero-order valence-corrected chi connectivity index (χ0v) is 11.0. The summed E-state index contributed by atoms with van der Waals surface area (Å²) in [5.41, 5.74) is 0.575. The quantitative estimate of drug-likeness (QED) is 0.754. The molecule has 0 radical (unpaired) electrons. The van der Waals surface area contributed by atoms with Crippen LogP contribution in [0.15, 0.2) is 40.8 Å². The first-order valence-electron chi connectivity index (χ1n) is 6.20. The third kappa shape index (κ3) is 2.05. The number of rotatable bonds is 2. The number of carboxylic acids is 1. The van der Waals surface area contributed by atoms with Crippen molar-refractivity contribution in [1.82, 2.24) is 0 Å². The van der Waals surface area contributed by atoms with Gasteiger partial charge in [0.1, 0.15) is 16.9 Å². The van der Waals surface area contributed by atoms with E-state index < -0.39 is 17.7 Å². The van der Waals surface area contributed by atoms with Gasteiger partial charge in [0.25, 0.3) is 6.01 Å². The summed E-state index contributed by atoms with van der Waals surface area (Å²) < 4.78 is 18.2. The number of hydrogen-bond acceptors (Lipinski definition) is 4. The lowest BCUT2D eigenvalue weighted by Gasteiger charge is -2.08. The van der Waals surface area contributed by atoms with Crippen molar-refractivity contribution in [3.63, 3.8) is 0 Å². The Morgan fingerprint density at radius 1 is 1.23 bits per heavy atom. The summed E-state index contributed by atoms with van der Waals surface area (Å²) in [6.45, 7) is 0. The second-order valence-corrected chi connectivity index (χ2v) is 4.60. The van der Waals surface area contributed by atoms with Gasteiger partial charge in [-0.2, -0.15) is 9.65 Å². The van der Waals surface area contributed by atoms with Gasteiger partial charge in [0.2, 0.25) is 0 Å². The highest BCUT2D eigenvalue weighted by Crippen LogP contribution is 2.38. The first-order valence-corrected chi connectivity index (χ1v) is 6.20. The van der Waals surface area contributed by atoms with Crippen LogP contribution in [0, 0.1) is 17.3 Å². The minimum Gasteiger partial charge on any atom is -0.506 e. The van der Waals surface area contributed by atoms with Gasteiger partial charge in [-0.05, 0) is 23.8 Å². The lowest BCUT2D eigenvalue weighted by atomic mass is 9.96. The molecule has 3 aromatic rings. The molecule has 1 heterocycles. The zero-order chi connectivity index (χ0) is 15.9. The minimum atomic E-state index is -1.29. The number of carboxylic acid groups (broad SMARTS) is 1. The fourth-order valence-electron chi connectivity index (χ4n) is 2.33. The number of hydrogen-bond donors (Lipinski definition) is 2. The highest BCUT2D eigenvalue weighted by atomic mass is 19.1. The van der Waals surface area contributed by atoms with Crippen molar-refractivity contribution in [2.24, 2.45) is 0 Å². The van der Waals surface area contributed by atoms with Gasteiger partial charge in [-0.1, -0.05) is 12.1 Å². The Morgan fingerprint density at radius 2 is 2.00 bits per heavy atom. The maximum absolute atomic E-state index is 13.4. The third-order valence-corrected chi connectivity index (χ3v) is 3.29. The summed E-state index contributed by atoms with van der Waals surface area (Å²) in [5.74, 6) is -1.74. The van der Waals surface area contributed by atoms with Crippen LogP contribution in [0.1, 0.15) is 15.9 Å².